The molecule has 5 heavy (non-hydrogen) atoms. The minimum absolute atomic E-state index is 1.15. The SMILES string of the molecule is C=C/C=C/[SiH3]. The molecule has 0 aliphatic heterocycles. The lowest BCUT2D eigenvalue weighted by Crippen LogP contribution is -1.43. The van der Waals surface area contributed by atoms with Crippen LogP contribution >= 0.6 is 0 Å². The van der Waals surface area contributed by atoms with Crippen molar-refractivity contribution in [2.45, 2.75) is 0 Å². The van der Waals surface area contributed by atoms with Crippen molar-refractivity contribution in [3.8, 4) is 0 Å². The maximum Gasteiger partial charge on any atom is 0.0291 e. The van der Waals surface area contributed by atoms with E-state index in [1.807, 2.05) is 6.08 Å². The van der Waals surface area contributed by atoms with Gasteiger partial charge in [0.15, 0.2) is 0 Å². The molecule has 0 atom stereocenters. The molecule has 0 heterocycles. The van der Waals surface area contributed by atoms with Gasteiger partial charge in [-0.1, -0.05) is 18.7 Å². The van der Waals surface area contributed by atoms with Crippen LogP contribution in [-0.4, -0.2) is 10.2 Å². The third-order valence-corrected chi connectivity index (χ3v) is 0.713. The van der Waals surface area contributed by atoms with Crippen LogP contribution < -0.4 is 0 Å². The van der Waals surface area contributed by atoms with Crippen LogP contribution in [0.2, 0.25) is 0 Å². The lowest BCUT2D eigenvalue weighted by molar-refractivity contribution is 2.11. The van der Waals surface area contributed by atoms with E-state index in [0.29, 0.717) is 0 Å². The summed E-state index contributed by atoms with van der Waals surface area (Å²) >= 11 is 0. The van der Waals surface area contributed by atoms with Crippen LogP contribution in [0.3, 0.4) is 0 Å². The molecule has 0 bridgehead atoms. The van der Waals surface area contributed by atoms with Gasteiger partial charge in [0.1, 0.15) is 0 Å². The average molecular weight is 84.2 g/mol. The summed E-state index contributed by atoms with van der Waals surface area (Å²) < 4.78 is 0. The van der Waals surface area contributed by atoms with Gasteiger partial charge >= 0.3 is 0 Å². The first-order valence-electron chi connectivity index (χ1n) is 1.65. The predicted molar refractivity (Wildman–Crippen MR) is 29.3 cm³/mol. The maximum atomic E-state index is 3.49. The minimum atomic E-state index is 1.15. The highest BCUT2D eigenvalue weighted by molar-refractivity contribution is 6.17. The lowest BCUT2D eigenvalue weighted by atomic mass is 10.6. The molecule has 0 aliphatic carbocycles. The molecule has 0 rings (SSSR count). The first-order chi connectivity index (χ1) is 2.41. The second-order valence-electron chi connectivity index (χ2n) is 0.761. The Balaban J connectivity index is 2.92. The smallest absolute Gasteiger partial charge is 0.0291 e. The molecule has 1 heteroatoms. The van der Waals surface area contributed by atoms with E-state index in [1.165, 1.54) is 0 Å². The van der Waals surface area contributed by atoms with Crippen LogP contribution in [0.5, 0.6) is 0 Å². The van der Waals surface area contributed by atoms with Crippen LogP contribution in [0.4, 0.5) is 0 Å². The van der Waals surface area contributed by atoms with Crippen LogP contribution in [0, 0.1) is 0 Å². The minimum Gasteiger partial charge on any atom is -0.105 e. The van der Waals surface area contributed by atoms with Gasteiger partial charge in [0.2, 0.25) is 0 Å². The van der Waals surface area contributed by atoms with E-state index in [-0.39, 0.29) is 0 Å². The average Bonchev–Trinajstić information content (AvgIpc) is 1.41. The van der Waals surface area contributed by atoms with Gasteiger partial charge in [-0.15, -0.1) is 5.70 Å². The number of hydrogen-bond donors (Lipinski definition) is 0. The van der Waals surface area contributed by atoms with Crippen molar-refractivity contribution >= 4 is 10.2 Å². The molecule has 28 valence electrons. The Morgan fingerprint density at radius 1 is 1.60 bits per heavy atom. The molecule has 0 amide bonds. The van der Waals surface area contributed by atoms with E-state index in [1.54, 1.807) is 6.08 Å². The highest BCUT2D eigenvalue weighted by Crippen LogP contribution is 1.60. The Hall–Kier alpha value is -0.303. The summed E-state index contributed by atoms with van der Waals surface area (Å²) in [7, 11) is 1.15. The van der Waals surface area contributed by atoms with E-state index in [2.05, 4.69) is 12.3 Å². The van der Waals surface area contributed by atoms with Crippen molar-refractivity contribution in [1.29, 1.82) is 0 Å². The van der Waals surface area contributed by atoms with Gasteiger partial charge in [0.05, 0.1) is 0 Å². The lowest BCUT2D eigenvalue weighted by Gasteiger charge is -1.56. The third-order valence-electron chi connectivity index (χ3n) is 0.329. The highest BCUT2D eigenvalue weighted by Gasteiger charge is 1.42. The predicted octanol–water partition coefficient (Wildman–Crippen LogP) is 0.0515. The van der Waals surface area contributed by atoms with Gasteiger partial charge in [0, 0.05) is 10.2 Å². The Kier molecular flexibility index (Phi) is 3.47. The van der Waals surface area contributed by atoms with Gasteiger partial charge in [-0.2, -0.15) is 0 Å². The molecule has 0 aromatic carbocycles. The standard InChI is InChI=1S/C4H8Si/c1-2-3-4-5/h2-4H,1H2,5H3/b4-3+. The Bertz CT molecular complexity index is 45.6. The summed E-state index contributed by atoms with van der Waals surface area (Å²) in [6.45, 7) is 3.49. The van der Waals surface area contributed by atoms with E-state index in [4.69, 9.17) is 0 Å². The molecule has 0 unspecified atom stereocenters. The van der Waals surface area contributed by atoms with E-state index in [9.17, 15) is 0 Å². The third kappa shape index (κ3) is 3.70. The Morgan fingerprint density at radius 2 is 2.20 bits per heavy atom. The number of hydrogen-bond acceptors (Lipinski definition) is 0. The fourth-order valence-electron chi connectivity index (χ4n) is 0.136. The van der Waals surface area contributed by atoms with Gasteiger partial charge in [-0.05, 0) is 0 Å². The fourth-order valence-corrected chi connectivity index (χ4v) is 0.408. The summed E-state index contributed by atoms with van der Waals surface area (Å²) in [6, 6.07) is 0. The van der Waals surface area contributed by atoms with Crippen molar-refractivity contribution < 1.29 is 0 Å². The first kappa shape index (κ1) is 4.70. The van der Waals surface area contributed by atoms with E-state index >= 15 is 0 Å². The van der Waals surface area contributed by atoms with Gasteiger partial charge < -0.3 is 0 Å². The maximum absolute atomic E-state index is 3.49. The van der Waals surface area contributed by atoms with Gasteiger partial charge in [-0.25, -0.2) is 0 Å². The summed E-state index contributed by atoms with van der Waals surface area (Å²) in [5.74, 6) is 0. The zero-order valence-electron chi connectivity index (χ0n) is 3.44. The van der Waals surface area contributed by atoms with E-state index < -0.39 is 0 Å². The summed E-state index contributed by atoms with van der Waals surface area (Å²) in [6.07, 6.45) is 3.74. The van der Waals surface area contributed by atoms with Crippen molar-refractivity contribution in [2.24, 2.45) is 0 Å². The molecular formula is C4H8Si. The first-order valence-corrected chi connectivity index (χ1v) is 2.81. The largest absolute Gasteiger partial charge is 0.105 e. The van der Waals surface area contributed by atoms with Crippen LogP contribution in [0.1, 0.15) is 0 Å². The quantitative estimate of drug-likeness (QED) is 0.311. The van der Waals surface area contributed by atoms with Crippen molar-refractivity contribution in [3.63, 3.8) is 0 Å². The molecule has 0 radical (unpaired) electrons. The Morgan fingerprint density at radius 3 is 2.20 bits per heavy atom. The molecule has 0 spiro atoms. The fraction of sp³-hybridized carbons (Fsp3) is 0. The highest BCUT2D eigenvalue weighted by atomic mass is 28.1. The molecule has 0 aromatic rings. The number of rotatable bonds is 1. The topological polar surface area (TPSA) is 0 Å². The zero-order chi connectivity index (χ0) is 4.12. The molecule has 0 saturated heterocycles. The molecule has 0 aromatic heterocycles. The molecule has 0 aliphatic rings. The van der Waals surface area contributed by atoms with E-state index in [0.717, 1.165) is 10.2 Å². The molecular weight excluding hydrogens is 76.1 g/mol. The van der Waals surface area contributed by atoms with Gasteiger partial charge in [0.25, 0.3) is 0 Å². The molecule has 0 saturated carbocycles. The Labute approximate surface area is 35.6 Å². The van der Waals surface area contributed by atoms with Crippen LogP contribution in [0.25, 0.3) is 0 Å². The molecule has 0 N–H and O–H groups in total. The summed E-state index contributed by atoms with van der Waals surface area (Å²) in [5, 5.41) is 0. The normalized spacial score (nSPS) is 9.60. The monoisotopic (exact) mass is 84.0 g/mol. The molecule has 0 nitrogen and oxygen atoms in total. The zero-order valence-corrected chi connectivity index (χ0v) is 5.44. The van der Waals surface area contributed by atoms with Gasteiger partial charge in [-0.3, -0.25) is 0 Å². The summed E-state index contributed by atoms with van der Waals surface area (Å²) in [4.78, 5) is 0. The van der Waals surface area contributed by atoms with Crippen molar-refractivity contribution in [1.82, 2.24) is 0 Å². The van der Waals surface area contributed by atoms with Crippen molar-refractivity contribution in [3.05, 3.63) is 24.4 Å². The molecule has 0 fully saturated rings. The summed E-state index contributed by atoms with van der Waals surface area (Å²) in [5.41, 5.74) is 2.08. The van der Waals surface area contributed by atoms with Crippen LogP contribution in [-0.2, 0) is 0 Å². The second-order valence-corrected chi connectivity index (χ2v) is 1.43. The van der Waals surface area contributed by atoms with Crippen molar-refractivity contribution in [2.75, 3.05) is 0 Å². The second kappa shape index (κ2) is 3.70. The van der Waals surface area contributed by atoms with Crippen LogP contribution in [0.15, 0.2) is 24.4 Å². The number of allylic oxidation sites excluding steroid dienone is 2.